The molecule has 0 fully saturated rings. The summed E-state index contributed by atoms with van der Waals surface area (Å²) in [4.78, 5) is 14.0. The zero-order valence-electron chi connectivity index (χ0n) is 20.1. The van der Waals surface area contributed by atoms with E-state index < -0.39 is 10.0 Å². The van der Waals surface area contributed by atoms with Crippen LogP contribution in [0.25, 0.3) is 0 Å². The van der Waals surface area contributed by atoms with Gasteiger partial charge in [0.05, 0.1) is 24.8 Å². The molecule has 0 saturated carbocycles. The molecular formula is C26H30N2O5S2. The zero-order valence-corrected chi connectivity index (χ0v) is 21.7. The van der Waals surface area contributed by atoms with Crippen LogP contribution in [0.5, 0.6) is 11.5 Å². The predicted molar refractivity (Wildman–Crippen MR) is 140 cm³/mol. The molecule has 186 valence electrons. The van der Waals surface area contributed by atoms with Crippen molar-refractivity contribution < 1.29 is 22.7 Å². The van der Waals surface area contributed by atoms with Crippen LogP contribution >= 0.6 is 11.8 Å². The van der Waals surface area contributed by atoms with Crippen LogP contribution in [-0.2, 0) is 14.8 Å². The minimum atomic E-state index is -4.00. The number of nitrogens with one attached hydrogen (secondary N) is 1. The van der Waals surface area contributed by atoms with Crippen molar-refractivity contribution in [2.24, 2.45) is 0 Å². The molecule has 0 saturated heterocycles. The number of benzene rings is 3. The minimum absolute atomic E-state index is 0.0945. The summed E-state index contributed by atoms with van der Waals surface area (Å²) >= 11 is 1.72. The quantitative estimate of drug-likeness (QED) is 0.283. The van der Waals surface area contributed by atoms with Gasteiger partial charge >= 0.3 is 0 Å². The number of ether oxygens (including phenoxy) is 2. The first-order valence-corrected chi connectivity index (χ1v) is 13.5. The first-order chi connectivity index (χ1) is 16.8. The maximum Gasteiger partial charge on any atom is 0.264 e. The van der Waals surface area contributed by atoms with Crippen molar-refractivity contribution in [2.75, 3.05) is 37.4 Å². The Balaban J connectivity index is 1.69. The number of carbonyl (C=O) groups excluding carboxylic acids is 1. The van der Waals surface area contributed by atoms with Gasteiger partial charge in [-0.2, -0.15) is 0 Å². The monoisotopic (exact) mass is 514 g/mol. The Morgan fingerprint density at radius 1 is 0.943 bits per heavy atom. The van der Waals surface area contributed by atoms with Gasteiger partial charge in [-0.3, -0.25) is 9.10 Å². The largest absolute Gasteiger partial charge is 0.493 e. The van der Waals surface area contributed by atoms with Gasteiger partial charge in [0.25, 0.3) is 10.0 Å². The lowest BCUT2D eigenvalue weighted by molar-refractivity contribution is -0.119. The van der Waals surface area contributed by atoms with E-state index in [2.05, 4.69) is 29.6 Å². The summed E-state index contributed by atoms with van der Waals surface area (Å²) in [5.74, 6) is 1.28. The summed E-state index contributed by atoms with van der Waals surface area (Å²) in [5, 5.41) is 2.84. The van der Waals surface area contributed by atoms with E-state index in [-0.39, 0.29) is 17.3 Å². The molecule has 0 heterocycles. The fraction of sp³-hybridized carbons (Fsp3) is 0.269. The molecule has 7 nitrogen and oxygen atoms in total. The number of thioether (sulfide) groups is 1. The average molecular weight is 515 g/mol. The molecule has 0 aliphatic heterocycles. The van der Waals surface area contributed by atoms with E-state index in [1.54, 1.807) is 48.2 Å². The topological polar surface area (TPSA) is 84.9 Å². The van der Waals surface area contributed by atoms with Crippen LogP contribution in [0.4, 0.5) is 5.69 Å². The molecule has 35 heavy (non-hydrogen) atoms. The van der Waals surface area contributed by atoms with Gasteiger partial charge in [-0.25, -0.2) is 8.42 Å². The van der Waals surface area contributed by atoms with E-state index in [9.17, 15) is 13.2 Å². The van der Waals surface area contributed by atoms with Crippen LogP contribution < -0.4 is 19.1 Å². The number of sulfonamides is 1. The highest BCUT2D eigenvalue weighted by Gasteiger charge is 2.28. The summed E-state index contributed by atoms with van der Waals surface area (Å²) in [5.41, 5.74) is 1.52. The third kappa shape index (κ3) is 7.16. The maximum atomic E-state index is 13.5. The Bertz CT molecular complexity index is 1220. The third-order valence-corrected chi connectivity index (χ3v) is 8.09. The van der Waals surface area contributed by atoms with E-state index in [1.807, 2.05) is 6.92 Å². The molecule has 0 bridgehead atoms. The molecule has 3 rings (SSSR count). The van der Waals surface area contributed by atoms with Crippen LogP contribution in [0, 0.1) is 6.92 Å². The lowest BCUT2D eigenvalue weighted by Gasteiger charge is -2.25. The Morgan fingerprint density at radius 3 is 2.29 bits per heavy atom. The third-order valence-electron chi connectivity index (χ3n) is 5.21. The number of methoxy groups -OCH3 is 2. The Labute approximate surface area is 211 Å². The number of aryl methyl sites for hydroxylation is 1. The van der Waals surface area contributed by atoms with Crippen LogP contribution in [0.1, 0.15) is 12.0 Å². The van der Waals surface area contributed by atoms with Crippen molar-refractivity contribution in [3.63, 3.8) is 0 Å². The molecule has 0 aliphatic carbocycles. The molecule has 0 aromatic heterocycles. The average Bonchev–Trinajstić information content (AvgIpc) is 2.88. The number of hydrogen-bond donors (Lipinski definition) is 1. The van der Waals surface area contributed by atoms with E-state index in [0.29, 0.717) is 23.7 Å². The number of carbonyl (C=O) groups is 1. The first kappa shape index (κ1) is 26.4. The second-order valence-corrected chi connectivity index (χ2v) is 10.8. The Morgan fingerprint density at radius 2 is 1.63 bits per heavy atom. The van der Waals surface area contributed by atoms with Gasteiger partial charge in [0, 0.05) is 17.5 Å². The van der Waals surface area contributed by atoms with Crippen molar-refractivity contribution in [1.29, 1.82) is 0 Å². The molecule has 0 aliphatic rings. The van der Waals surface area contributed by atoms with Gasteiger partial charge in [-0.05, 0) is 55.5 Å². The highest BCUT2D eigenvalue weighted by molar-refractivity contribution is 7.99. The number of rotatable bonds is 12. The molecule has 9 heteroatoms. The van der Waals surface area contributed by atoms with E-state index in [1.165, 1.54) is 36.8 Å². The Kier molecular flexibility index (Phi) is 9.45. The number of hydrogen-bond acceptors (Lipinski definition) is 6. The molecule has 1 amide bonds. The van der Waals surface area contributed by atoms with E-state index in [4.69, 9.17) is 9.47 Å². The molecule has 0 unspecified atom stereocenters. The van der Waals surface area contributed by atoms with Gasteiger partial charge in [0.15, 0.2) is 11.5 Å². The maximum absolute atomic E-state index is 13.5. The second-order valence-electron chi connectivity index (χ2n) is 7.73. The molecular weight excluding hydrogens is 484 g/mol. The molecule has 3 aromatic carbocycles. The summed E-state index contributed by atoms with van der Waals surface area (Å²) < 4.78 is 38.6. The first-order valence-electron chi connectivity index (χ1n) is 11.1. The number of nitrogens with zero attached hydrogens (tertiary/aromatic N) is 1. The van der Waals surface area contributed by atoms with Crippen LogP contribution in [0.3, 0.4) is 0 Å². The lowest BCUT2D eigenvalue weighted by Crippen LogP contribution is -2.41. The van der Waals surface area contributed by atoms with E-state index in [0.717, 1.165) is 16.5 Å². The van der Waals surface area contributed by atoms with Gasteiger partial charge < -0.3 is 14.8 Å². The van der Waals surface area contributed by atoms with Crippen molar-refractivity contribution in [1.82, 2.24) is 5.32 Å². The Hall–Kier alpha value is -3.17. The smallest absolute Gasteiger partial charge is 0.264 e. The highest BCUT2D eigenvalue weighted by Crippen LogP contribution is 2.33. The molecule has 1 N–H and O–H groups in total. The standard InChI is InChI=1S/C26H30N2O5S2/c1-20-10-13-22(14-11-20)34-17-7-16-27-26(29)19-28(35(30,31)23-8-5-4-6-9-23)21-12-15-24(32-2)25(18-21)33-3/h4-6,8-15,18H,7,16-17,19H2,1-3H3,(H,27,29). The fourth-order valence-corrected chi connectivity index (χ4v) is 5.61. The second kappa shape index (κ2) is 12.5. The summed E-state index contributed by atoms with van der Waals surface area (Å²) in [6, 6.07) is 21.1. The SMILES string of the molecule is COc1ccc(N(CC(=O)NCCCSc2ccc(C)cc2)S(=O)(=O)c2ccccc2)cc1OC. The van der Waals surface area contributed by atoms with Crippen LogP contribution in [0.15, 0.2) is 82.6 Å². The normalized spacial score (nSPS) is 11.1. The van der Waals surface area contributed by atoms with Crippen LogP contribution in [0.2, 0.25) is 0 Å². The van der Waals surface area contributed by atoms with E-state index >= 15 is 0 Å². The van der Waals surface area contributed by atoms with Crippen molar-refractivity contribution in [2.45, 2.75) is 23.1 Å². The molecule has 0 radical (unpaired) electrons. The summed E-state index contributed by atoms with van der Waals surface area (Å²) in [6.07, 6.45) is 0.756. The predicted octanol–water partition coefficient (Wildman–Crippen LogP) is 4.51. The van der Waals surface area contributed by atoms with Crippen LogP contribution in [-0.4, -0.2) is 47.4 Å². The van der Waals surface area contributed by atoms with Crippen molar-refractivity contribution in [3.8, 4) is 11.5 Å². The summed E-state index contributed by atoms with van der Waals surface area (Å²) in [6.45, 7) is 2.13. The zero-order chi connectivity index (χ0) is 25.3. The molecule has 3 aromatic rings. The van der Waals surface area contributed by atoms with Crippen molar-refractivity contribution >= 4 is 33.4 Å². The molecule has 0 atom stereocenters. The fourth-order valence-electron chi connectivity index (χ4n) is 3.33. The van der Waals surface area contributed by atoms with Gasteiger partial charge in [0.1, 0.15) is 6.54 Å². The number of anilines is 1. The van der Waals surface area contributed by atoms with Crippen molar-refractivity contribution in [3.05, 3.63) is 78.4 Å². The summed E-state index contributed by atoms with van der Waals surface area (Å²) in [7, 11) is -1.02. The molecule has 0 spiro atoms. The minimum Gasteiger partial charge on any atom is -0.493 e. The highest BCUT2D eigenvalue weighted by atomic mass is 32.2. The van der Waals surface area contributed by atoms with Gasteiger partial charge in [0.2, 0.25) is 5.91 Å². The van der Waals surface area contributed by atoms with Gasteiger partial charge in [-0.15, -0.1) is 11.8 Å². The number of amides is 1. The van der Waals surface area contributed by atoms with Gasteiger partial charge in [-0.1, -0.05) is 35.9 Å². The lowest BCUT2D eigenvalue weighted by atomic mass is 10.2.